The first-order valence-corrected chi connectivity index (χ1v) is 8.08. The molecule has 0 radical (unpaired) electrons. The molecule has 1 amide bonds. The first-order chi connectivity index (χ1) is 9.36. The molecular weight excluding hydrogens is 278 g/mol. The molecule has 1 aromatic rings. The van der Waals surface area contributed by atoms with Crippen LogP contribution in [0, 0.1) is 5.92 Å². The van der Waals surface area contributed by atoms with Crippen molar-refractivity contribution in [3.8, 4) is 0 Å². The molecule has 0 aromatic heterocycles. The molecule has 0 spiro atoms. The number of hydrogen-bond acceptors (Lipinski definition) is 4. The number of sulfonamides is 1. The van der Waals surface area contributed by atoms with E-state index in [0.717, 1.165) is 19.4 Å². The molecule has 1 aliphatic heterocycles. The predicted octanol–water partition coefficient (Wildman–Crippen LogP) is 0.661. The molecule has 1 fully saturated rings. The summed E-state index contributed by atoms with van der Waals surface area (Å²) >= 11 is 0. The summed E-state index contributed by atoms with van der Waals surface area (Å²) in [6, 6.07) is 6.19. The molecule has 1 aromatic carbocycles. The van der Waals surface area contributed by atoms with E-state index in [1.807, 2.05) is 0 Å². The Hall–Kier alpha value is -1.44. The Morgan fingerprint density at radius 1 is 1.35 bits per heavy atom. The van der Waals surface area contributed by atoms with E-state index in [0.29, 0.717) is 11.7 Å². The van der Waals surface area contributed by atoms with Crippen molar-refractivity contribution in [2.75, 3.05) is 11.9 Å². The van der Waals surface area contributed by atoms with Crippen LogP contribution in [0.15, 0.2) is 29.2 Å². The average Bonchev–Trinajstić information content (AvgIpc) is 2.38. The number of primary sulfonamides is 1. The monoisotopic (exact) mass is 297 g/mol. The van der Waals surface area contributed by atoms with Gasteiger partial charge in [0.2, 0.25) is 15.9 Å². The topological polar surface area (TPSA) is 101 Å². The lowest BCUT2D eigenvalue weighted by Crippen LogP contribution is -2.40. The fourth-order valence-electron chi connectivity index (χ4n) is 2.34. The van der Waals surface area contributed by atoms with Gasteiger partial charge >= 0.3 is 0 Å². The summed E-state index contributed by atoms with van der Waals surface area (Å²) in [5, 5.41) is 11.1. The zero-order chi connectivity index (χ0) is 14.8. The van der Waals surface area contributed by atoms with Crippen LogP contribution in [0.5, 0.6) is 0 Å². The second-order valence-corrected chi connectivity index (χ2v) is 6.70. The second-order valence-electron chi connectivity index (χ2n) is 5.14. The third-order valence-electron chi connectivity index (χ3n) is 3.44. The molecule has 2 atom stereocenters. The van der Waals surface area contributed by atoms with Crippen LogP contribution in [0.1, 0.15) is 19.8 Å². The molecule has 7 heteroatoms. The number of rotatable bonds is 3. The summed E-state index contributed by atoms with van der Waals surface area (Å²) in [6.45, 7) is 2.89. The van der Waals surface area contributed by atoms with Crippen molar-refractivity contribution in [3.05, 3.63) is 24.3 Å². The van der Waals surface area contributed by atoms with Gasteiger partial charge in [-0.15, -0.1) is 0 Å². The average molecular weight is 297 g/mol. The summed E-state index contributed by atoms with van der Waals surface area (Å²) in [7, 11) is -3.70. The summed E-state index contributed by atoms with van der Waals surface area (Å²) in [5.74, 6) is -0.0362. The van der Waals surface area contributed by atoms with Crippen molar-refractivity contribution in [2.24, 2.45) is 11.1 Å². The first-order valence-electron chi connectivity index (χ1n) is 6.53. The van der Waals surface area contributed by atoms with Crippen LogP contribution < -0.4 is 15.8 Å². The van der Waals surface area contributed by atoms with Gasteiger partial charge in [-0.2, -0.15) is 0 Å². The smallest absolute Gasteiger partial charge is 0.238 e. The number of hydrogen-bond donors (Lipinski definition) is 3. The fourth-order valence-corrected chi connectivity index (χ4v) is 2.86. The summed E-state index contributed by atoms with van der Waals surface area (Å²) in [4.78, 5) is 12.1. The van der Waals surface area contributed by atoms with Gasteiger partial charge in [0, 0.05) is 17.6 Å². The Morgan fingerprint density at radius 2 is 2.00 bits per heavy atom. The zero-order valence-electron chi connectivity index (χ0n) is 11.3. The van der Waals surface area contributed by atoms with E-state index in [1.165, 1.54) is 12.1 Å². The van der Waals surface area contributed by atoms with E-state index in [2.05, 4.69) is 17.6 Å². The molecule has 1 heterocycles. The van der Waals surface area contributed by atoms with Crippen molar-refractivity contribution in [2.45, 2.75) is 30.7 Å². The highest BCUT2D eigenvalue weighted by Gasteiger charge is 2.24. The van der Waals surface area contributed by atoms with Gasteiger partial charge in [0.1, 0.15) is 0 Å². The van der Waals surface area contributed by atoms with E-state index in [4.69, 9.17) is 5.14 Å². The quantitative estimate of drug-likeness (QED) is 0.763. The fraction of sp³-hybridized carbons (Fsp3) is 0.462. The van der Waals surface area contributed by atoms with Gasteiger partial charge in [-0.3, -0.25) is 4.79 Å². The Kier molecular flexibility index (Phi) is 4.42. The second kappa shape index (κ2) is 5.90. The van der Waals surface area contributed by atoms with Crippen molar-refractivity contribution >= 4 is 21.6 Å². The number of anilines is 1. The molecule has 2 rings (SSSR count). The van der Waals surface area contributed by atoms with Crippen LogP contribution in [0.4, 0.5) is 5.69 Å². The van der Waals surface area contributed by atoms with E-state index < -0.39 is 10.0 Å². The number of nitrogens with one attached hydrogen (secondary N) is 2. The molecule has 1 aliphatic rings. The minimum absolute atomic E-state index is 0.0100. The van der Waals surface area contributed by atoms with Gasteiger partial charge < -0.3 is 10.6 Å². The molecule has 0 bridgehead atoms. The molecule has 1 saturated heterocycles. The number of carbonyl (C=O) groups is 1. The van der Waals surface area contributed by atoms with Crippen LogP contribution in [-0.4, -0.2) is 26.9 Å². The largest absolute Gasteiger partial charge is 0.326 e. The van der Waals surface area contributed by atoms with Crippen LogP contribution in [0.25, 0.3) is 0 Å². The van der Waals surface area contributed by atoms with Crippen molar-refractivity contribution in [1.82, 2.24) is 5.32 Å². The number of amides is 1. The van der Waals surface area contributed by atoms with Gasteiger partial charge in [0.15, 0.2) is 0 Å². The van der Waals surface area contributed by atoms with Gasteiger partial charge in [0.05, 0.1) is 4.90 Å². The van der Waals surface area contributed by atoms with Gasteiger partial charge in [0.25, 0.3) is 0 Å². The third-order valence-corrected chi connectivity index (χ3v) is 4.37. The van der Waals surface area contributed by atoms with Crippen molar-refractivity contribution in [1.29, 1.82) is 0 Å². The number of piperidine rings is 1. The zero-order valence-corrected chi connectivity index (χ0v) is 12.1. The maximum atomic E-state index is 12.1. The number of benzene rings is 1. The lowest BCUT2D eigenvalue weighted by atomic mass is 9.92. The normalized spacial score (nSPS) is 23.3. The molecule has 4 N–H and O–H groups in total. The lowest BCUT2D eigenvalue weighted by Gasteiger charge is -2.27. The highest BCUT2D eigenvalue weighted by molar-refractivity contribution is 7.89. The molecule has 6 nitrogen and oxygen atoms in total. The van der Waals surface area contributed by atoms with Crippen molar-refractivity contribution < 1.29 is 13.2 Å². The standard InChI is InChI=1S/C13H19N3O3S/c1-9-8-10(6-7-15-9)13(17)16-11-2-4-12(5-3-11)20(14,18)19/h2-5,9-10,15H,6-8H2,1H3,(H,16,17)(H2,14,18,19). The highest BCUT2D eigenvalue weighted by Crippen LogP contribution is 2.19. The predicted molar refractivity (Wildman–Crippen MR) is 76.6 cm³/mol. The minimum Gasteiger partial charge on any atom is -0.326 e. The SMILES string of the molecule is CC1CC(C(=O)Nc2ccc(S(N)(=O)=O)cc2)CCN1. The Labute approximate surface area is 118 Å². The van der Waals surface area contributed by atoms with Crippen LogP contribution in [0.2, 0.25) is 0 Å². The van der Waals surface area contributed by atoms with Crippen LogP contribution in [-0.2, 0) is 14.8 Å². The molecule has 0 aliphatic carbocycles. The van der Waals surface area contributed by atoms with E-state index >= 15 is 0 Å². The molecule has 20 heavy (non-hydrogen) atoms. The number of carbonyl (C=O) groups excluding carboxylic acids is 1. The van der Waals surface area contributed by atoms with E-state index in [1.54, 1.807) is 12.1 Å². The minimum atomic E-state index is -3.70. The maximum Gasteiger partial charge on any atom is 0.238 e. The summed E-state index contributed by atoms with van der Waals surface area (Å²) < 4.78 is 22.3. The lowest BCUT2D eigenvalue weighted by molar-refractivity contribution is -0.120. The Balaban J connectivity index is 2.01. The van der Waals surface area contributed by atoms with E-state index in [9.17, 15) is 13.2 Å². The molecule has 2 unspecified atom stereocenters. The van der Waals surface area contributed by atoms with Crippen LogP contribution in [0.3, 0.4) is 0 Å². The van der Waals surface area contributed by atoms with Gasteiger partial charge in [-0.25, -0.2) is 13.6 Å². The van der Waals surface area contributed by atoms with Crippen LogP contribution >= 0.6 is 0 Å². The Bertz CT molecular complexity index is 583. The van der Waals surface area contributed by atoms with Crippen molar-refractivity contribution in [3.63, 3.8) is 0 Å². The van der Waals surface area contributed by atoms with Gasteiger partial charge in [-0.1, -0.05) is 0 Å². The number of nitrogens with two attached hydrogens (primary N) is 1. The molecule has 110 valence electrons. The molecule has 0 saturated carbocycles. The summed E-state index contributed by atoms with van der Waals surface area (Å²) in [5.41, 5.74) is 0.577. The Morgan fingerprint density at radius 3 is 2.55 bits per heavy atom. The summed E-state index contributed by atoms with van der Waals surface area (Å²) in [6.07, 6.45) is 1.62. The van der Waals surface area contributed by atoms with E-state index in [-0.39, 0.29) is 16.7 Å². The molecular formula is C13H19N3O3S. The van der Waals surface area contributed by atoms with Gasteiger partial charge in [-0.05, 0) is 50.6 Å². The third kappa shape index (κ3) is 3.78. The maximum absolute atomic E-state index is 12.1. The first kappa shape index (κ1) is 15.0. The highest BCUT2D eigenvalue weighted by atomic mass is 32.2.